The molecule has 15 atom stereocenters. The number of aliphatic hydroxyl groups excluding tert-OH is 1. The van der Waals surface area contributed by atoms with Gasteiger partial charge in [-0.1, -0.05) is 93.6 Å². The number of aromatic nitrogens is 6. The summed E-state index contributed by atoms with van der Waals surface area (Å²) in [6, 6.07) is 20.2. The Kier molecular flexibility index (Phi) is 40.2. The average molecular weight is 1910 g/mol. The minimum atomic E-state index is -4.77. The monoisotopic (exact) mass is 1910 g/mol. The molecule has 12 rings (SSSR count). The fourth-order valence-corrected chi connectivity index (χ4v) is 18.9. The van der Waals surface area contributed by atoms with E-state index >= 15 is 13.2 Å². The van der Waals surface area contributed by atoms with Crippen LogP contribution >= 0.6 is 0 Å². The molecular weight excluding hydrogens is 1770 g/mol. The molecule has 4 aromatic heterocycles. The Balaban J connectivity index is 0.500. The van der Waals surface area contributed by atoms with Crippen LogP contribution in [-0.4, -0.2) is 285 Å². The molecule has 0 spiro atoms. The average Bonchev–Trinajstić information content (AvgIpc) is 0.936. The number of aliphatic hydroxyl groups is 2. The molecule has 746 valence electrons. The molecule has 8 heterocycles. The summed E-state index contributed by atoms with van der Waals surface area (Å²) in [4.78, 5) is 113. The molecule has 4 aliphatic heterocycles. The zero-order valence-corrected chi connectivity index (χ0v) is 80.4. The first-order valence-electron chi connectivity index (χ1n) is 48.3. The number of carbonyl (C=O) groups is 6. The standard InChI is InChI=1S/C103H137F3N10O21/c1-67-19-11-10-12-20-68(2)90(126-7)62-80-30-25-72(6)102(125,137-80)99(122)100(123)115-36-17-15-24-87(115)101(124)136-91(63-88(117)69(3)56-71(5)97(121)98(128-9)96(120)70(4)55-67)83(107)57-73-26-33-89(92(58-73)127-8)135-42-18-16-22-78-66-114(111-110-78)41-44-130-46-48-132-50-52-134-54-53-133-51-49-131-47-45-129-43-35-93(118)113-39-37-112(38-40-113)86-32-29-79(61-82(86)103(104,105)106)116-94(119)34-28-76-64-109-85-31-27-74(60-81(85)95(76)116)77-59-75-21-13-14-23-84(75)108-65-77/h10-14,19-21,23,27-29,31-32,34,56,59-61,64-67,69-70,72-73,80,83,87,89-92,97-98,121,125H,15-18,22,24-26,30,33,35-55,57-58,62-63,107H2,1-9H3/b12-10?,19-11+,68-20?,71-56+/t67-,69-,70-,72-,73+,80+,83-,87+,89-,90+,91+,92-,97-,98+,102-/m1/s1. The second-order valence-electron chi connectivity index (χ2n) is 36.8. The first-order chi connectivity index (χ1) is 66.0. The molecule has 1 aliphatic carbocycles. The number of Topliss-reactive ketones (excluding diaryl/α,β-unsaturated/α-hetero) is 3. The molecule has 0 unspecified atom stereocenters. The van der Waals surface area contributed by atoms with Gasteiger partial charge < -0.3 is 87.5 Å². The number of hydrogen-bond donors (Lipinski definition) is 3. The molecule has 3 aromatic carbocycles. The van der Waals surface area contributed by atoms with Gasteiger partial charge in [0.25, 0.3) is 17.2 Å². The zero-order valence-electron chi connectivity index (χ0n) is 80.4. The minimum absolute atomic E-state index is 0.0223. The van der Waals surface area contributed by atoms with E-state index in [0.29, 0.717) is 171 Å². The zero-order chi connectivity index (χ0) is 97.7. The van der Waals surface area contributed by atoms with Crippen molar-refractivity contribution in [3.05, 3.63) is 167 Å². The second kappa shape index (κ2) is 51.9. The number of para-hydroxylation sites is 1. The molecule has 31 nitrogen and oxygen atoms in total. The fraction of sp³-hybridized carbons (Fsp3) is 0.583. The number of hydrogen-bond acceptors (Lipinski definition) is 27. The van der Waals surface area contributed by atoms with E-state index < -0.39 is 101 Å². The number of allylic oxidation sites excluding steroid dienone is 6. The number of alkyl halides is 3. The van der Waals surface area contributed by atoms with Gasteiger partial charge in [-0.15, -0.1) is 5.10 Å². The minimum Gasteiger partial charge on any atom is -0.459 e. The number of cyclic esters (lactones) is 1. The third-order valence-electron chi connectivity index (χ3n) is 26.9. The number of carbonyl (C=O) groups excluding carboxylic acids is 6. The highest BCUT2D eigenvalue weighted by Gasteiger charge is 2.53. The van der Waals surface area contributed by atoms with Gasteiger partial charge in [-0.05, 0) is 174 Å². The van der Waals surface area contributed by atoms with Crippen LogP contribution in [0, 0.1) is 29.6 Å². The summed E-state index contributed by atoms with van der Waals surface area (Å²) in [5.74, 6) is -8.54. The Bertz CT molecular complexity index is 5350. The van der Waals surface area contributed by atoms with Gasteiger partial charge in [-0.25, -0.2) is 9.48 Å². The molecule has 2 amide bonds. The number of pyridine rings is 3. The van der Waals surface area contributed by atoms with Crippen molar-refractivity contribution in [3.8, 4) is 16.8 Å². The number of benzene rings is 3. The predicted octanol–water partition coefficient (Wildman–Crippen LogP) is 12.4. The van der Waals surface area contributed by atoms with Crippen LogP contribution in [0.1, 0.15) is 149 Å². The number of ketones is 3. The third-order valence-corrected chi connectivity index (χ3v) is 26.9. The van der Waals surface area contributed by atoms with Crippen LogP contribution in [0.15, 0.2) is 150 Å². The molecule has 5 aliphatic rings. The van der Waals surface area contributed by atoms with Crippen LogP contribution in [0.5, 0.6) is 0 Å². The van der Waals surface area contributed by atoms with Crippen molar-refractivity contribution >= 4 is 73.5 Å². The SMILES string of the molecule is CO[C@H]1C[C@@H]2CC[C@@H](C)[C@@](O)(O2)C(=O)C(=O)N2CCCC[C@H]2C(=O)O[C@H]([C@H](N)C[C@@H]2CC[C@@H](OCCCCc3cn(CCOCCOCCOCCOCCOCCOCCC(=O)N4CCN(c5ccc(-n6c(=O)ccc7cnc8ccc(-c9cnc%10ccccc%10c9)cc8c76)cc5C(F)(F)F)CC4)nn3)[C@H](OC)C2)CC(=O)[C@H](C)/C=C(\C)[C@@H](O)[C@@H](OC)C(=O)[C@H](C)C[C@H](C)/C=C/C=CC=C1C. The number of piperidine rings is 1. The Labute approximate surface area is 799 Å². The van der Waals surface area contributed by atoms with E-state index in [2.05, 4.69) is 20.3 Å². The number of ether oxygens (including phenoxy) is 12. The maximum absolute atomic E-state index is 15.1. The predicted molar refractivity (Wildman–Crippen MR) is 510 cm³/mol. The van der Waals surface area contributed by atoms with Gasteiger partial charge in [0.05, 0.1) is 150 Å². The topological polar surface area (TPSA) is 368 Å². The summed E-state index contributed by atoms with van der Waals surface area (Å²) in [5, 5.41) is 34.6. The molecule has 7 aromatic rings. The van der Waals surface area contributed by atoms with Gasteiger partial charge in [-0.2, -0.15) is 13.2 Å². The number of halogens is 3. The third kappa shape index (κ3) is 29.2. The van der Waals surface area contributed by atoms with Crippen molar-refractivity contribution in [1.29, 1.82) is 0 Å². The summed E-state index contributed by atoms with van der Waals surface area (Å²) >= 11 is 0. The van der Waals surface area contributed by atoms with E-state index in [-0.39, 0.29) is 125 Å². The summed E-state index contributed by atoms with van der Waals surface area (Å²) in [6.45, 7) is 16.5. The number of nitrogens with two attached hydrogens (primary N) is 1. The number of piperazine rings is 1. The van der Waals surface area contributed by atoms with E-state index in [9.17, 15) is 43.8 Å². The normalized spacial score (nSPS) is 25.7. The van der Waals surface area contributed by atoms with E-state index in [1.807, 2.05) is 99.0 Å². The molecule has 1 saturated carbocycles. The molecule has 34 heteroatoms. The van der Waals surface area contributed by atoms with Gasteiger partial charge in [-0.3, -0.25) is 43.3 Å². The summed E-state index contributed by atoms with van der Waals surface area (Å²) in [7, 11) is 4.58. The number of amides is 2. The maximum Gasteiger partial charge on any atom is 0.418 e. The molecule has 3 saturated heterocycles. The summed E-state index contributed by atoms with van der Waals surface area (Å²) in [6.07, 6.45) is 13.3. The lowest BCUT2D eigenvalue weighted by Crippen LogP contribution is -2.61. The molecule has 2 bridgehead atoms. The number of nitrogens with zero attached hydrogens (tertiary/aromatic N) is 9. The second-order valence-corrected chi connectivity index (χ2v) is 36.8. The van der Waals surface area contributed by atoms with Crippen molar-refractivity contribution in [2.24, 2.45) is 35.3 Å². The van der Waals surface area contributed by atoms with E-state index in [1.54, 1.807) is 80.9 Å². The first kappa shape index (κ1) is 106. The van der Waals surface area contributed by atoms with Gasteiger partial charge >= 0.3 is 12.1 Å². The number of fused-ring (bicyclic) bond motifs is 7. The maximum atomic E-state index is 15.1. The van der Waals surface area contributed by atoms with Gasteiger partial charge in [0.2, 0.25) is 11.7 Å². The van der Waals surface area contributed by atoms with Crippen LogP contribution < -0.4 is 16.2 Å². The van der Waals surface area contributed by atoms with Gasteiger partial charge in [0.1, 0.15) is 30.1 Å². The van der Waals surface area contributed by atoms with Gasteiger partial charge in [0.15, 0.2) is 5.78 Å². The van der Waals surface area contributed by atoms with Crippen molar-refractivity contribution < 1.29 is 109 Å². The van der Waals surface area contributed by atoms with Gasteiger partial charge in [0, 0.05) is 149 Å². The highest BCUT2D eigenvalue weighted by Crippen LogP contribution is 2.42. The fourth-order valence-electron chi connectivity index (χ4n) is 18.9. The highest BCUT2D eigenvalue weighted by atomic mass is 19.4. The number of esters is 1. The number of aryl methyl sites for hydroxylation is 1. The van der Waals surface area contributed by atoms with Crippen molar-refractivity contribution in [2.75, 3.05) is 145 Å². The largest absolute Gasteiger partial charge is 0.459 e. The Hall–Kier alpha value is -9.76. The summed E-state index contributed by atoms with van der Waals surface area (Å²) in [5.41, 5.74) is 11.2. The van der Waals surface area contributed by atoms with Crippen molar-refractivity contribution in [3.63, 3.8) is 0 Å². The van der Waals surface area contributed by atoms with Crippen molar-refractivity contribution in [2.45, 2.75) is 218 Å². The Morgan fingerprint density at radius 3 is 2.09 bits per heavy atom. The number of methoxy groups -OCH3 is 3. The smallest absolute Gasteiger partial charge is 0.418 e. The van der Waals surface area contributed by atoms with Crippen LogP contribution in [0.2, 0.25) is 0 Å². The molecule has 137 heavy (non-hydrogen) atoms. The Morgan fingerprint density at radius 2 is 1.38 bits per heavy atom. The lowest BCUT2D eigenvalue weighted by molar-refractivity contribution is -0.265. The highest BCUT2D eigenvalue weighted by molar-refractivity contribution is 6.39. The van der Waals surface area contributed by atoms with Crippen LogP contribution in [0.4, 0.5) is 18.9 Å². The quantitative estimate of drug-likeness (QED) is 0.0108. The number of rotatable bonds is 36. The van der Waals surface area contributed by atoms with E-state index in [4.69, 9.17) is 62.6 Å². The molecule has 4 fully saturated rings. The van der Waals surface area contributed by atoms with Crippen molar-refractivity contribution in [1.82, 2.24) is 39.3 Å². The lowest BCUT2D eigenvalue weighted by Gasteiger charge is -2.42. The Morgan fingerprint density at radius 1 is 0.672 bits per heavy atom. The van der Waals surface area contributed by atoms with Crippen LogP contribution in [0.25, 0.3) is 49.5 Å². The number of unbranched alkanes of at least 4 members (excludes halogenated alkanes) is 1. The van der Waals surface area contributed by atoms with E-state index in [1.165, 1.54) is 29.9 Å². The molecule has 0 radical (unpaired) electrons. The van der Waals surface area contributed by atoms with E-state index in [0.717, 1.165) is 57.1 Å². The molecule has 4 N–H and O–H groups in total. The number of anilines is 1. The summed E-state index contributed by atoms with van der Waals surface area (Å²) < 4.78 is 119. The van der Waals surface area contributed by atoms with Crippen LogP contribution in [0.3, 0.4) is 0 Å². The first-order valence-corrected chi connectivity index (χ1v) is 48.3. The lowest BCUT2D eigenvalue weighted by atomic mass is 9.80. The molecular formula is C103H137F3N10O21. The van der Waals surface area contributed by atoms with Crippen LogP contribution in [-0.2, 0) is 105 Å².